The van der Waals surface area contributed by atoms with Gasteiger partial charge < -0.3 is 4.74 Å². The molecule has 3 heterocycles. The molecule has 4 rings (SSSR count). The van der Waals surface area contributed by atoms with Gasteiger partial charge in [-0.05, 0) is 30.9 Å². The first kappa shape index (κ1) is 11.3. The standard InChI is InChI=1S/C15H19NOS/c1-2-4-15-11(3-1)7-14(18-15)10-16-8-12-5-6-13(9-16)17-12/h1-4,12-14H,5-10H2. The van der Waals surface area contributed by atoms with Crippen molar-refractivity contribution in [3.63, 3.8) is 0 Å². The molecule has 0 N–H and O–H groups in total. The van der Waals surface area contributed by atoms with Crippen LogP contribution >= 0.6 is 11.8 Å². The first-order valence-corrected chi connectivity index (χ1v) is 7.87. The van der Waals surface area contributed by atoms with Gasteiger partial charge in [-0.3, -0.25) is 4.90 Å². The van der Waals surface area contributed by atoms with Crippen LogP contribution < -0.4 is 0 Å². The van der Waals surface area contributed by atoms with Crippen LogP contribution in [0, 0.1) is 0 Å². The molecule has 0 amide bonds. The van der Waals surface area contributed by atoms with E-state index in [0.29, 0.717) is 12.2 Å². The highest BCUT2D eigenvalue weighted by atomic mass is 32.2. The number of thioether (sulfide) groups is 1. The highest BCUT2D eigenvalue weighted by molar-refractivity contribution is 8.00. The van der Waals surface area contributed by atoms with Crippen LogP contribution in [0.25, 0.3) is 0 Å². The number of hydrogen-bond donors (Lipinski definition) is 0. The predicted molar refractivity (Wildman–Crippen MR) is 74.1 cm³/mol. The van der Waals surface area contributed by atoms with Crippen LogP contribution in [0.4, 0.5) is 0 Å². The number of hydrogen-bond acceptors (Lipinski definition) is 3. The van der Waals surface area contributed by atoms with Crippen LogP contribution in [0.15, 0.2) is 29.2 Å². The maximum absolute atomic E-state index is 5.91. The Kier molecular flexibility index (Phi) is 2.86. The summed E-state index contributed by atoms with van der Waals surface area (Å²) in [5.74, 6) is 0. The topological polar surface area (TPSA) is 12.5 Å². The Labute approximate surface area is 113 Å². The monoisotopic (exact) mass is 261 g/mol. The summed E-state index contributed by atoms with van der Waals surface area (Å²) in [5.41, 5.74) is 1.55. The van der Waals surface area contributed by atoms with Crippen molar-refractivity contribution >= 4 is 11.8 Å². The van der Waals surface area contributed by atoms with E-state index < -0.39 is 0 Å². The van der Waals surface area contributed by atoms with E-state index in [1.54, 1.807) is 5.56 Å². The Bertz CT molecular complexity index is 413. The Morgan fingerprint density at radius 2 is 1.94 bits per heavy atom. The minimum atomic E-state index is 0.525. The van der Waals surface area contributed by atoms with Crippen LogP contribution in [0.2, 0.25) is 0 Å². The van der Waals surface area contributed by atoms with Gasteiger partial charge >= 0.3 is 0 Å². The minimum absolute atomic E-state index is 0.525. The van der Waals surface area contributed by atoms with Gasteiger partial charge in [0.2, 0.25) is 0 Å². The lowest BCUT2D eigenvalue weighted by Crippen LogP contribution is -2.45. The fourth-order valence-electron chi connectivity index (χ4n) is 3.49. The van der Waals surface area contributed by atoms with Gasteiger partial charge in [0, 0.05) is 29.8 Å². The number of fused-ring (bicyclic) bond motifs is 3. The molecular formula is C15H19NOS. The van der Waals surface area contributed by atoms with Crippen molar-refractivity contribution in [3.05, 3.63) is 29.8 Å². The number of ether oxygens (including phenoxy) is 1. The van der Waals surface area contributed by atoms with E-state index in [0.717, 1.165) is 18.3 Å². The quantitative estimate of drug-likeness (QED) is 0.812. The zero-order chi connectivity index (χ0) is 11.9. The molecule has 3 unspecified atom stereocenters. The van der Waals surface area contributed by atoms with E-state index in [2.05, 4.69) is 40.9 Å². The molecule has 1 aromatic carbocycles. The molecule has 96 valence electrons. The van der Waals surface area contributed by atoms with E-state index >= 15 is 0 Å². The summed E-state index contributed by atoms with van der Waals surface area (Å²) in [4.78, 5) is 4.13. The number of likely N-dealkylation sites (tertiary alicyclic amines) is 1. The van der Waals surface area contributed by atoms with Gasteiger partial charge in [0.25, 0.3) is 0 Å². The predicted octanol–water partition coefficient (Wildman–Crippen LogP) is 2.57. The normalized spacial score (nSPS) is 34.8. The number of nitrogens with zero attached hydrogens (tertiary/aromatic N) is 1. The largest absolute Gasteiger partial charge is 0.372 e. The van der Waals surface area contributed by atoms with E-state index in [-0.39, 0.29) is 0 Å². The zero-order valence-corrected chi connectivity index (χ0v) is 11.4. The van der Waals surface area contributed by atoms with E-state index in [1.165, 1.54) is 30.7 Å². The molecule has 2 saturated heterocycles. The van der Waals surface area contributed by atoms with E-state index in [9.17, 15) is 0 Å². The van der Waals surface area contributed by atoms with Crippen molar-refractivity contribution in [2.24, 2.45) is 0 Å². The number of morpholine rings is 1. The molecule has 1 aromatic rings. The lowest BCUT2D eigenvalue weighted by Gasteiger charge is -2.33. The summed E-state index contributed by atoms with van der Waals surface area (Å²) in [6, 6.07) is 8.87. The first-order chi connectivity index (χ1) is 8.87. The zero-order valence-electron chi connectivity index (χ0n) is 10.5. The van der Waals surface area contributed by atoms with Crippen LogP contribution in [0.3, 0.4) is 0 Å². The van der Waals surface area contributed by atoms with Crippen LogP contribution in [0.1, 0.15) is 18.4 Å². The van der Waals surface area contributed by atoms with E-state index in [4.69, 9.17) is 4.74 Å². The van der Waals surface area contributed by atoms with Crippen LogP contribution in [-0.2, 0) is 11.2 Å². The molecule has 0 radical (unpaired) electrons. The molecule has 2 nitrogen and oxygen atoms in total. The highest BCUT2D eigenvalue weighted by Gasteiger charge is 2.35. The molecule has 18 heavy (non-hydrogen) atoms. The Balaban J connectivity index is 1.40. The molecule has 0 aromatic heterocycles. The average molecular weight is 261 g/mol. The third-order valence-electron chi connectivity index (χ3n) is 4.29. The highest BCUT2D eigenvalue weighted by Crippen LogP contribution is 2.37. The van der Waals surface area contributed by atoms with Crippen LogP contribution in [0.5, 0.6) is 0 Å². The Morgan fingerprint density at radius 1 is 1.17 bits per heavy atom. The molecule has 0 aliphatic carbocycles. The molecule has 2 bridgehead atoms. The summed E-state index contributed by atoms with van der Waals surface area (Å²) in [6.07, 6.45) is 4.85. The molecule has 0 spiro atoms. The smallest absolute Gasteiger partial charge is 0.0707 e. The molecule has 2 fully saturated rings. The molecule has 0 saturated carbocycles. The molecule has 3 aliphatic rings. The summed E-state index contributed by atoms with van der Waals surface area (Å²) in [5, 5.41) is 0.750. The van der Waals surface area contributed by atoms with Gasteiger partial charge in [-0.25, -0.2) is 0 Å². The summed E-state index contributed by atoms with van der Waals surface area (Å²) >= 11 is 2.07. The van der Waals surface area contributed by atoms with Gasteiger partial charge in [-0.15, -0.1) is 11.8 Å². The maximum Gasteiger partial charge on any atom is 0.0707 e. The Morgan fingerprint density at radius 3 is 2.72 bits per heavy atom. The summed E-state index contributed by atoms with van der Waals surface area (Å²) in [7, 11) is 0. The second kappa shape index (κ2) is 4.55. The minimum Gasteiger partial charge on any atom is -0.372 e. The summed E-state index contributed by atoms with van der Waals surface area (Å²) in [6.45, 7) is 3.55. The average Bonchev–Trinajstić information content (AvgIpc) is 2.92. The van der Waals surface area contributed by atoms with Crippen molar-refractivity contribution < 1.29 is 4.74 Å². The third kappa shape index (κ3) is 2.09. The molecular weight excluding hydrogens is 242 g/mol. The van der Waals surface area contributed by atoms with Crippen LogP contribution in [-0.4, -0.2) is 42.0 Å². The van der Waals surface area contributed by atoms with Crippen molar-refractivity contribution in [3.8, 4) is 0 Å². The van der Waals surface area contributed by atoms with Gasteiger partial charge in [0.05, 0.1) is 12.2 Å². The fraction of sp³-hybridized carbons (Fsp3) is 0.600. The lowest BCUT2D eigenvalue weighted by molar-refractivity contribution is -0.0378. The molecule has 3 aliphatic heterocycles. The van der Waals surface area contributed by atoms with E-state index in [1.807, 2.05) is 0 Å². The van der Waals surface area contributed by atoms with Crippen molar-refractivity contribution in [1.29, 1.82) is 0 Å². The second-order valence-electron chi connectivity index (χ2n) is 5.73. The van der Waals surface area contributed by atoms with Crippen molar-refractivity contribution in [2.75, 3.05) is 19.6 Å². The fourth-order valence-corrected chi connectivity index (χ4v) is 4.86. The van der Waals surface area contributed by atoms with Gasteiger partial charge in [-0.1, -0.05) is 18.2 Å². The number of rotatable bonds is 2. The summed E-state index contributed by atoms with van der Waals surface area (Å²) < 4.78 is 5.91. The Hall–Kier alpha value is -0.510. The van der Waals surface area contributed by atoms with Gasteiger partial charge in [-0.2, -0.15) is 0 Å². The van der Waals surface area contributed by atoms with Crippen molar-refractivity contribution in [1.82, 2.24) is 4.90 Å². The molecule has 3 heteroatoms. The lowest BCUT2D eigenvalue weighted by atomic mass is 10.1. The molecule has 3 atom stereocenters. The SMILES string of the molecule is c1ccc2c(c1)CC(CN1CC3CCC(C1)O3)S2. The maximum atomic E-state index is 5.91. The second-order valence-corrected chi connectivity index (χ2v) is 7.07. The van der Waals surface area contributed by atoms with Gasteiger partial charge in [0.15, 0.2) is 0 Å². The van der Waals surface area contributed by atoms with Crippen molar-refractivity contribution in [2.45, 2.75) is 41.6 Å². The number of benzene rings is 1. The van der Waals surface area contributed by atoms with Gasteiger partial charge in [0.1, 0.15) is 0 Å². The third-order valence-corrected chi connectivity index (χ3v) is 5.60. The first-order valence-electron chi connectivity index (χ1n) is 6.99.